The second kappa shape index (κ2) is 6.26. The van der Waals surface area contributed by atoms with Gasteiger partial charge in [0.1, 0.15) is 5.75 Å². The van der Waals surface area contributed by atoms with Gasteiger partial charge in [-0.15, -0.1) is 0 Å². The fourth-order valence-corrected chi connectivity index (χ4v) is 1.49. The Balaban J connectivity index is 2.63. The first-order valence-electron chi connectivity index (χ1n) is 5.35. The van der Waals surface area contributed by atoms with E-state index in [9.17, 15) is 9.59 Å². The van der Waals surface area contributed by atoms with E-state index >= 15 is 0 Å². The van der Waals surface area contributed by atoms with Crippen LogP contribution in [0.5, 0.6) is 5.75 Å². The van der Waals surface area contributed by atoms with E-state index < -0.39 is 5.97 Å². The Labute approximate surface area is 110 Å². The van der Waals surface area contributed by atoms with Gasteiger partial charge in [-0.05, 0) is 32.0 Å². The maximum absolute atomic E-state index is 11.3. The number of hydrogen-bond acceptors (Lipinski definition) is 3. The van der Waals surface area contributed by atoms with Crippen LogP contribution in [0.2, 0.25) is 5.02 Å². The summed E-state index contributed by atoms with van der Waals surface area (Å²) in [5, 5.41) is 11.6. The number of carbonyl (C=O) groups excluding carboxylic acids is 1. The van der Waals surface area contributed by atoms with Crippen LogP contribution in [0.15, 0.2) is 18.2 Å². The summed E-state index contributed by atoms with van der Waals surface area (Å²) < 4.78 is 5.20. The average Bonchev–Trinajstić information content (AvgIpc) is 2.26. The molecule has 0 aromatic heterocycles. The van der Waals surface area contributed by atoms with Crippen molar-refractivity contribution in [1.29, 1.82) is 0 Å². The minimum atomic E-state index is -1.07. The molecule has 1 amide bonds. The first kappa shape index (κ1) is 14.3. The largest absolute Gasteiger partial charge is 0.482 e. The maximum Gasteiger partial charge on any atom is 0.335 e. The van der Waals surface area contributed by atoms with E-state index in [4.69, 9.17) is 21.4 Å². The number of nitrogens with one attached hydrogen (secondary N) is 1. The molecule has 1 aromatic rings. The van der Waals surface area contributed by atoms with Gasteiger partial charge in [0.2, 0.25) is 0 Å². The molecule has 2 N–H and O–H groups in total. The maximum atomic E-state index is 11.3. The van der Waals surface area contributed by atoms with Crippen LogP contribution in [0.25, 0.3) is 0 Å². The predicted octanol–water partition coefficient (Wildman–Crippen LogP) is 1.94. The van der Waals surface area contributed by atoms with Crippen LogP contribution in [-0.4, -0.2) is 29.6 Å². The van der Waals surface area contributed by atoms with Crippen molar-refractivity contribution in [3.05, 3.63) is 28.8 Å². The summed E-state index contributed by atoms with van der Waals surface area (Å²) in [4.78, 5) is 22.0. The SMILES string of the molecule is CC(C)NC(=O)COc1ccc(C(=O)O)cc1Cl. The topological polar surface area (TPSA) is 75.6 Å². The third-order valence-electron chi connectivity index (χ3n) is 1.99. The molecule has 6 heteroatoms. The zero-order chi connectivity index (χ0) is 13.7. The Hall–Kier alpha value is -1.75. The standard InChI is InChI=1S/C12H14ClNO4/c1-7(2)14-11(15)6-18-10-4-3-8(12(16)17)5-9(10)13/h3-5,7H,6H2,1-2H3,(H,14,15)(H,16,17). The monoisotopic (exact) mass is 271 g/mol. The number of ether oxygens (including phenoxy) is 1. The second-order valence-electron chi connectivity index (χ2n) is 3.96. The number of carbonyl (C=O) groups is 2. The molecular formula is C12H14ClNO4. The van der Waals surface area contributed by atoms with Crippen LogP contribution in [0.3, 0.4) is 0 Å². The number of hydrogen-bond donors (Lipinski definition) is 2. The summed E-state index contributed by atoms with van der Waals surface area (Å²) in [5.74, 6) is -1.05. The van der Waals surface area contributed by atoms with Crippen LogP contribution in [0, 0.1) is 0 Å². The van der Waals surface area contributed by atoms with Crippen LogP contribution in [-0.2, 0) is 4.79 Å². The molecule has 0 fully saturated rings. The normalized spacial score (nSPS) is 10.2. The smallest absolute Gasteiger partial charge is 0.335 e. The highest BCUT2D eigenvalue weighted by Gasteiger charge is 2.10. The second-order valence-corrected chi connectivity index (χ2v) is 4.37. The lowest BCUT2D eigenvalue weighted by atomic mass is 10.2. The molecule has 0 heterocycles. The van der Waals surface area contributed by atoms with Crippen LogP contribution < -0.4 is 10.1 Å². The number of aromatic carboxylic acids is 1. The van der Waals surface area contributed by atoms with Crippen molar-refractivity contribution in [1.82, 2.24) is 5.32 Å². The van der Waals surface area contributed by atoms with Gasteiger partial charge in [-0.1, -0.05) is 11.6 Å². The van der Waals surface area contributed by atoms with Gasteiger partial charge in [0.05, 0.1) is 10.6 Å². The van der Waals surface area contributed by atoms with Gasteiger partial charge in [0.25, 0.3) is 5.91 Å². The van der Waals surface area contributed by atoms with Crippen molar-refractivity contribution in [2.24, 2.45) is 0 Å². The number of carboxylic acids is 1. The number of amides is 1. The minimum absolute atomic E-state index is 0.0333. The van der Waals surface area contributed by atoms with E-state index in [0.717, 1.165) is 0 Å². The first-order chi connectivity index (χ1) is 8.40. The first-order valence-corrected chi connectivity index (χ1v) is 5.73. The highest BCUT2D eigenvalue weighted by atomic mass is 35.5. The molecule has 0 aliphatic heterocycles. The molecule has 18 heavy (non-hydrogen) atoms. The molecule has 0 radical (unpaired) electrons. The summed E-state index contributed by atoms with van der Waals surface area (Å²) >= 11 is 5.84. The summed E-state index contributed by atoms with van der Waals surface area (Å²) in [6, 6.07) is 4.10. The Morgan fingerprint density at radius 1 is 1.44 bits per heavy atom. The molecule has 0 spiro atoms. The van der Waals surface area contributed by atoms with Crippen molar-refractivity contribution >= 4 is 23.5 Å². The highest BCUT2D eigenvalue weighted by molar-refractivity contribution is 6.32. The number of halogens is 1. The molecular weight excluding hydrogens is 258 g/mol. The fourth-order valence-electron chi connectivity index (χ4n) is 1.26. The van der Waals surface area contributed by atoms with Crippen LogP contribution in [0.4, 0.5) is 0 Å². The zero-order valence-corrected chi connectivity index (χ0v) is 10.8. The molecule has 98 valence electrons. The predicted molar refractivity (Wildman–Crippen MR) is 67.2 cm³/mol. The van der Waals surface area contributed by atoms with Crippen molar-refractivity contribution in [2.75, 3.05) is 6.61 Å². The molecule has 0 unspecified atom stereocenters. The third kappa shape index (κ3) is 4.25. The van der Waals surface area contributed by atoms with Crippen molar-refractivity contribution in [3.63, 3.8) is 0 Å². The zero-order valence-electron chi connectivity index (χ0n) is 10.1. The van der Waals surface area contributed by atoms with Gasteiger partial charge in [-0.25, -0.2) is 4.79 Å². The number of carboxylic acid groups (broad SMARTS) is 1. The van der Waals surface area contributed by atoms with E-state index in [1.165, 1.54) is 18.2 Å². The van der Waals surface area contributed by atoms with Crippen LogP contribution >= 0.6 is 11.6 Å². The fraction of sp³-hybridized carbons (Fsp3) is 0.333. The van der Waals surface area contributed by atoms with Gasteiger partial charge < -0.3 is 15.2 Å². The van der Waals surface area contributed by atoms with Crippen molar-refractivity contribution < 1.29 is 19.4 Å². The van der Waals surface area contributed by atoms with Gasteiger partial charge in [-0.3, -0.25) is 4.79 Å². The molecule has 5 nitrogen and oxygen atoms in total. The van der Waals surface area contributed by atoms with Gasteiger partial charge in [0, 0.05) is 6.04 Å². The molecule has 0 bridgehead atoms. The lowest BCUT2D eigenvalue weighted by Crippen LogP contribution is -2.34. The summed E-state index contributed by atoms with van der Waals surface area (Å²) in [7, 11) is 0. The van der Waals surface area contributed by atoms with E-state index in [0.29, 0.717) is 0 Å². The lowest BCUT2D eigenvalue weighted by molar-refractivity contribution is -0.123. The van der Waals surface area contributed by atoms with E-state index in [1.54, 1.807) is 0 Å². The number of benzene rings is 1. The van der Waals surface area contributed by atoms with Gasteiger partial charge in [-0.2, -0.15) is 0 Å². The Morgan fingerprint density at radius 3 is 2.61 bits per heavy atom. The van der Waals surface area contributed by atoms with E-state index in [2.05, 4.69) is 5.32 Å². The molecule has 0 saturated heterocycles. The highest BCUT2D eigenvalue weighted by Crippen LogP contribution is 2.25. The summed E-state index contributed by atoms with van der Waals surface area (Å²) in [6.07, 6.45) is 0. The Morgan fingerprint density at radius 2 is 2.11 bits per heavy atom. The average molecular weight is 272 g/mol. The third-order valence-corrected chi connectivity index (χ3v) is 2.28. The van der Waals surface area contributed by atoms with Crippen molar-refractivity contribution in [3.8, 4) is 5.75 Å². The molecule has 0 aliphatic carbocycles. The van der Waals surface area contributed by atoms with Gasteiger partial charge in [0.15, 0.2) is 6.61 Å². The summed E-state index contributed by atoms with van der Waals surface area (Å²) in [5.41, 5.74) is 0.0685. The summed E-state index contributed by atoms with van der Waals surface area (Å²) in [6.45, 7) is 3.52. The van der Waals surface area contributed by atoms with E-state index in [1.807, 2.05) is 13.8 Å². The Bertz CT molecular complexity index is 459. The van der Waals surface area contributed by atoms with Crippen molar-refractivity contribution in [2.45, 2.75) is 19.9 Å². The van der Waals surface area contributed by atoms with Gasteiger partial charge >= 0.3 is 5.97 Å². The molecule has 1 rings (SSSR count). The molecule has 1 aromatic carbocycles. The quantitative estimate of drug-likeness (QED) is 0.858. The lowest BCUT2D eigenvalue weighted by Gasteiger charge is -2.10. The van der Waals surface area contributed by atoms with Crippen LogP contribution in [0.1, 0.15) is 24.2 Å². The van der Waals surface area contributed by atoms with E-state index in [-0.39, 0.29) is 34.9 Å². The molecule has 0 saturated carbocycles. The minimum Gasteiger partial charge on any atom is -0.482 e. The molecule has 0 aliphatic rings. The molecule has 0 atom stereocenters. The Kier molecular flexibility index (Phi) is 4.97. The number of rotatable bonds is 5.